The Morgan fingerprint density at radius 2 is 1.72 bits per heavy atom. The fourth-order valence-electron chi connectivity index (χ4n) is 1.44. The third-order valence-corrected chi connectivity index (χ3v) is 2.28. The van der Waals surface area contributed by atoms with E-state index in [9.17, 15) is 9.90 Å². The van der Waals surface area contributed by atoms with Gasteiger partial charge in [0.15, 0.2) is 18.1 Å². The topological polar surface area (TPSA) is 58.6 Å². The Labute approximate surface area is 105 Å². The molecule has 0 aliphatic carbocycles. The van der Waals surface area contributed by atoms with E-state index in [4.69, 9.17) is 4.74 Å². The van der Waals surface area contributed by atoms with Crippen molar-refractivity contribution in [1.82, 2.24) is 0 Å². The maximum Gasteiger partial charge on any atom is 0.262 e. The zero-order valence-corrected chi connectivity index (χ0v) is 9.67. The summed E-state index contributed by atoms with van der Waals surface area (Å²) in [6.07, 6.45) is 0. The number of hydrogen-bond acceptors (Lipinski definition) is 3. The first kappa shape index (κ1) is 12.0. The second-order valence-electron chi connectivity index (χ2n) is 3.67. The smallest absolute Gasteiger partial charge is 0.262 e. The van der Waals surface area contributed by atoms with Gasteiger partial charge in [-0.2, -0.15) is 0 Å². The average Bonchev–Trinajstić information content (AvgIpc) is 2.39. The van der Waals surface area contributed by atoms with Crippen molar-refractivity contribution in [3.8, 4) is 11.5 Å². The van der Waals surface area contributed by atoms with Crippen LogP contribution in [0.4, 0.5) is 5.69 Å². The molecule has 2 N–H and O–H groups in total. The average molecular weight is 243 g/mol. The molecule has 0 heterocycles. The molecule has 2 aromatic rings. The van der Waals surface area contributed by atoms with E-state index in [1.807, 2.05) is 18.2 Å². The molecule has 2 aromatic carbocycles. The molecule has 1 amide bonds. The van der Waals surface area contributed by atoms with E-state index in [1.54, 1.807) is 30.3 Å². The van der Waals surface area contributed by atoms with Crippen molar-refractivity contribution in [3.05, 3.63) is 54.6 Å². The number of phenols is 1. The lowest BCUT2D eigenvalue weighted by atomic mass is 10.3. The van der Waals surface area contributed by atoms with Crippen molar-refractivity contribution in [2.45, 2.75) is 0 Å². The van der Waals surface area contributed by atoms with Crippen molar-refractivity contribution in [1.29, 1.82) is 0 Å². The predicted molar refractivity (Wildman–Crippen MR) is 68.7 cm³/mol. The molecular formula is C14H13NO3. The minimum atomic E-state index is -0.274. The Hall–Kier alpha value is -2.49. The molecule has 2 rings (SSSR count). The number of aromatic hydroxyl groups is 1. The van der Waals surface area contributed by atoms with Gasteiger partial charge in [-0.05, 0) is 24.3 Å². The molecule has 92 valence electrons. The van der Waals surface area contributed by atoms with Crippen molar-refractivity contribution in [2.75, 3.05) is 11.9 Å². The van der Waals surface area contributed by atoms with Crippen LogP contribution in [-0.4, -0.2) is 17.6 Å². The van der Waals surface area contributed by atoms with Crippen LogP contribution in [-0.2, 0) is 4.79 Å². The maximum atomic E-state index is 11.6. The van der Waals surface area contributed by atoms with E-state index < -0.39 is 0 Å². The van der Waals surface area contributed by atoms with E-state index in [0.29, 0.717) is 11.4 Å². The Balaban J connectivity index is 1.88. The number of carbonyl (C=O) groups excluding carboxylic acids is 1. The number of amides is 1. The highest BCUT2D eigenvalue weighted by atomic mass is 16.5. The molecule has 0 aliphatic heterocycles. The second kappa shape index (κ2) is 5.72. The minimum absolute atomic E-state index is 0.0185. The number of para-hydroxylation sites is 3. The predicted octanol–water partition coefficient (Wildman–Crippen LogP) is 2.41. The molecule has 0 radical (unpaired) electrons. The molecule has 0 spiro atoms. The maximum absolute atomic E-state index is 11.6. The van der Waals surface area contributed by atoms with E-state index >= 15 is 0 Å². The molecule has 0 saturated carbocycles. The quantitative estimate of drug-likeness (QED) is 0.867. The van der Waals surface area contributed by atoms with Gasteiger partial charge >= 0.3 is 0 Å². The summed E-state index contributed by atoms with van der Waals surface area (Å²) in [5.41, 5.74) is 0.711. The van der Waals surface area contributed by atoms with Gasteiger partial charge in [0.05, 0.1) is 0 Å². The number of benzene rings is 2. The summed E-state index contributed by atoms with van der Waals surface area (Å²) in [6, 6.07) is 15.6. The third kappa shape index (κ3) is 3.25. The lowest BCUT2D eigenvalue weighted by Gasteiger charge is -2.08. The van der Waals surface area contributed by atoms with Crippen molar-refractivity contribution in [3.63, 3.8) is 0 Å². The number of ether oxygens (including phenoxy) is 1. The van der Waals surface area contributed by atoms with Crippen LogP contribution in [0.2, 0.25) is 0 Å². The van der Waals surface area contributed by atoms with Gasteiger partial charge < -0.3 is 15.2 Å². The van der Waals surface area contributed by atoms with Gasteiger partial charge in [-0.15, -0.1) is 0 Å². The third-order valence-electron chi connectivity index (χ3n) is 2.28. The van der Waals surface area contributed by atoms with E-state index in [1.165, 1.54) is 6.07 Å². The van der Waals surface area contributed by atoms with Crippen molar-refractivity contribution in [2.24, 2.45) is 0 Å². The van der Waals surface area contributed by atoms with Gasteiger partial charge in [0, 0.05) is 5.69 Å². The van der Waals surface area contributed by atoms with Crippen LogP contribution in [0.15, 0.2) is 54.6 Å². The zero-order valence-electron chi connectivity index (χ0n) is 9.67. The van der Waals surface area contributed by atoms with Crippen LogP contribution in [0, 0.1) is 0 Å². The standard InChI is InChI=1S/C14H13NO3/c16-12-8-4-5-9-13(12)18-10-14(17)15-11-6-2-1-3-7-11/h1-9,16H,10H2,(H,15,17). The Morgan fingerprint density at radius 3 is 2.44 bits per heavy atom. The van der Waals surface area contributed by atoms with Crippen LogP contribution in [0.5, 0.6) is 11.5 Å². The molecule has 4 nitrogen and oxygen atoms in total. The van der Waals surface area contributed by atoms with Crippen LogP contribution < -0.4 is 10.1 Å². The van der Waals surface area contributed by atoms with Crippen LogP contribution in [0.3, 0.4) is 0 Å². The first-order valence-electron chi connectivity index (χ1n) is 5.51. The minimum Gasteiger partial charge on any atom is -0.504 e. The summed E-state index contributed by atoms with van der Waals surface area (Å²) < 4.78 is 5.21. The van der Waals surface area contributed by atoms with Crippen molar-refractivity contribution < 1.29 is 14.6 Å². The molecular weight excluding hydrogens is 230 g/mol. The zero-order chi connectivity index (χ0) is 12.8. The van der Waals surface area contributed by atoms with Crippen molar-refractivity contribution >= 4 is 11.6 Å². The number of phenolic OH excluding ortho intramolecular Hbond substituents is 1. The van der Waals surface area contributed by atoms with Crippen LogP contribution in [0.1, 0.15) is 0 Å². The van der Waals surface area contributed by atoms with Gasteiger partial charge in [-0.1, -0.05) is 30.3 Å². The van der Waals surface area contributed by atoms with E-state index in [-0.39, 0.29) is 18.3 Å². The van der Waals surface area contributed by atoms with Crippen LogP contribution >= 0.6 is 0 Å². The van der Waals surface area contributed by atoms with Gasteiger partial charge in [0.1, 0.15) is 0 Å². The summed E-state index contributed by atoms with van der Waals surface area (Å²) in [4.78, 5) is 11.6. The molecule has 0 unspecified atom stereocenters. The SMILES string of the molecule is O=C(COc1ccccc1O)Nc1ccccc1. The van der Waals surface area contributed by atoms with Gasteiger partial charge in [-0.3, -0.25) is 4.79 Å². The van der Waals surface area contributed by atoms with E-state index in [0.717, 1.165) is 0 Å². The largest absolute Gasteiger partial charge is 0.504 e. The first-order chi connectivity index (χ1) is 8.75. The highest BCUT2D eigenvalue weighted by Gasteiger charge is 2.05. The summed E-state index contributed by atoms with van der Waals surface area (Å²) in [5.74, 6) is 0.0372. The molecule has 0 bridgehead atoms. The van der Waals surface area contributed by atoms with Gasteiger partial charge in [-0.25, -0.2) is 0 Å². The van der Waals surface area contributed by atoms with Gasteiger partial charge in [0.25, 0.3) is 5.91 Å². The molecule has 0 aliphatic rings. The molecule has 0 fully saturated rings. The van der Waals surface area contributed by atoms with Gasteiger partial charge in [0.2, 0.25) is 0 Å². The molecule has 0 atom stereocenters. The Bertz CT molecular complexity index is 526. The normalized spacial score (nSPS) is 9.78. The summed E-state index contributed by atoms with van der Waals surface area (Å²) >= 11 is 0. The first-order valence-corrected chi connectivity index (χ1v) is 5.51. The monoisotopic (exact) mass is 243 g/mol. The number of rotatable bonds is 4. The summed E-state index contributed by atoms with van der Waals surface area (Å²) in [6.45, 7) is -0.146. The number of anilines is 1. The summed E-state index contributed by atoms with van der Waals surface area (Å²) in [7, 11) is 0. The number of nitrogens with one attached hydrogen (secondary N) is 1. The van der Waals surface area contributed by atoms with E-state index in [2.05, 4.69) is 5.32 Å². The number of carbonyl (C=O) groups is 1. The fourth-order valence-corrected chi connectivity index (χ4v) is 1.44. The Morgan fingerprint density at radius 1 is 1.06 bits per heavy atom. The summed E-state index contributed by atoms with van der Waals surface area (Å²) in [5, 5.41) is 12.1. The lowest BCUT2D eigenvalue weighted by molar-refractivity contribution is -0.118. The molecule has 0 aromatic heterocycles. The number of hydrogen-bond donors (Lipinski definition) is 2. The van der Waals surface area contributed by atoms with Crippen LogP contribution in [0.25, 0.3) is 0 Å². The lowest BCUT2D eigenvalue weighted by Crippen LogP contribution is -2.20. The molecule has 4 heteroatoms. The highest BCUT2D eigenvalue weighted by Crippen LogP contribution is 2.24. The molecule has 0 saturated heterocycles. The second-order valence-corrected chi connectivity index (χ2v) is 3.67. The molecule has 18 heavy (non-hydrogen) atoms. The highest BCUT2D eigenvalue weighted by molar-refractivity contribution is 5.91. The Kier molecular flexibility index (Phi) is 3.81. The fraction of sp³-hybridized carbons (Fsp3) is 0.0714.